The number of ether oxygens (including phenoxy) is 2. The van der Waals surface area contributed by atoms with E-state index in [1.807, 2.05) is 35.2 Å². The Bertz CT molecular complexity index is 529. The molecule has 132 valence electrons. The van der Waals surface area contributed by atoms with Gasteiger partial charge in [-0.15, -0.1) is 0 Å². The van der Waals surface area contributed by atoms with E-state index >= 15 is 0 Å². The van der Waals surface area contributed by atoms with E-state index in [-0.39, 0.29) is 6.09 Å². The van der Waals surface area contributed by atoms with Crippen LogP contribution in [0.4, 0.5) is 4.79 Å². The normalized spacial score (nSPS) is 25.2. The summed E-state index contributed by atoms with van der Waals surface area (Å²) in [5.74, 6) is 0.608. The van der Waals surface area contributed by atoms with Gasteiger partial charge in [0, 0.05) is 32.2 Å². The van der Waals surface area contributed by atoms with Crippen molar-refractivity contribution < 1.29 is 14.3 Å². The van der Waals surface area contributed by atoms with E-state index < -0.39 is 0 Å². The average Bonchev–Trinajstić information content (AvgIpc) is 2.77. The fraction of sp³-hybridized carbons (Fsp3) is 0.632. The van der Waals surface area contributed by atoms with Crippen molar-refractivity contribution in [2.24, 2.45) is 0 Å². The van der Waals surface area contributed by atoms with Crippen molar-refractivity contribution in [3.8, 4) is 5.75 Å². The number of amides is 1. The van der Waals surface area contributed by atoms with Crippen molar-refractivity contribution in [2.45, 2.75) is 51.4 Å². The molecule has 5 heteroatoms. The summed E-state index contributed by atoms with van der Waals surface area (Å²) in [5.41, 5.74) is 0. The second kappa shape index (κ2) is 7.99. The maximum atomic E-state index is 12.3. The minimum Gasteiger partial charge on any atom is -0.410 e. The van der Waals surface area contributed by atoms with Gasteiger partial charge in [0.05, 0.1) is 12.2 Å². The molecule has 0 unspecified atom stereocenters. The first-order chi connectivity index (χ1) is 11.6. The Morgan fingerprint density at radius 1 is 1.08 bits per heavy atom. The van der Waals surface area contributed by atoms with E-state index in [2.05, 4.69) is 18.7 Å². The van der Waals surface area contributed by atoms with E-state index in [9.17, 15) is 4.79 Å². The van der Waals surface area contributed by atoms with Crippen LogP contribution in [0.1, 0.15) is 33.1 Å². The van der Waals surface area contributed by atoms with Crippen LogP contribution in [0.5, 0.6) is 5.75 Å². The van der Waals surface area contributed by atoms with Gasteiger partial charge in [0.15, 0.2) is 0 Å². The summed E-state index contributed by atoms with van der Waals surface area (Å²) in [6.45, 7) is 7.65. The summed E-state index contributed by atoms with van der Waals surface area (Å²) in [4.78, 5) is 16.7. The first-order valence-corrected chi connectivity index (χ1v) is 9.03. The quantitative estimate of drug-likeness (QED) is 0.849. The van der Waals surface area contributed by atoms with Gasteiger partial charge in [-0.05, 0) is 45.2 Å². The molecule has 2 fully saturated rings. The Hall–Kier alpha value is -1.59. The molecule has 1 aliphatic carbocycles. The number of carbonyl (C=O) groups excluding carboxylic acids is 1. The maximum absolute atomic E-state index is 12.3. The third-order valence-electron chi connectivity index (χ3n) is 4.79. The van der Waals surface area contributed by atoms with Crippen molar-refractivity contribution >= 4 is 6.09 Å². The Kier molecular flexibility index (Phi) is 5.74. The fourth-order valence-corrected chi connectivity index (χ4v) is 3.47. The molecule has 2 aliphatic rings. The lowest BCUT2D eigenvalue weighted by molar-refractivity contribution is -0.0758. The largest absolute Gasteiger partial charge is 0.415 e. The molecule has 1 heterocycles. The van der Waals surface area contributed by atoms with Crippen molar-refractivity contribution in [3.05, 3.63) is 30.3 Å². The van der Waals surface area contributed by atoms with E-state index in [0.717, 1.165) is 45.4 Å². The van der Waals surface area contributed by atoms with Crippen molar-refractivity contribution in [2.75, 3.05) is 26.2 Å². The van der Waals surface area contributed by atoms with Crippen LogP contribution in [-0.4, -0.2) is 60.3 Å². The SMILES string of the molecule is CC(C)OC1CC(N2CCCN(C(=O)Oc3ccccc3)CC2)C1. The van der Waals surface area contributed by atoms with E-state index in [1.165, 1.54) is 0 Å². The van der Waals surface area contributed by atoms with Crippen LogP contribution in [0.25, 0.3) is 0 Å². The molecule has 0 atom stereocenters. The molecular formula is C19H28N2O3. The molecule has 1 saturated heterocycles. The van der Waals surface area contributed by atoms with Crippen LogP contribution in [0.15, 0.2) is 30.3 Å². The fourth-order valence-electron chi connectivity index (χ4n) is 3.47. The smallest absolute Gasteiger partial charge is 0.410 e. The van der Waals surface area contributed by atoms with Gasteiger partial charge in [0.1, 0.15) is 5.75 Å². The lowest BCUT2D eigenvalue weighted by Crippen LogP contribution is -2.50. The first-order valence-electron chi connectivity index (χ1n) is 9.03. The maximum Gasteiger partial charge on any atom is 0.415 e. The molecule has 5 nitrogen and oxygen atoms in total. The third-order valence-corrected chi connectivity index (χ3v) is 4.79. The second-order valence-electron chi connectivity index (χ2n) is 6.99. The Morgan fingerprint density at radius 2 is 1.83 bits per heavy atom. The van der Waals surface area contributed by atoms with Gasteiger partial charge in [-0.25, -0.2) is 4.79 Å². The van der Waals surface area contributed by atoms with Crippen LogP contribution >= 0.6 is 0 Å². The standard InChI is InChI=1S/C19H28N2O3/c1-15(2)23-18-13-16(14-18)20-9-6-10-21(12-11-20)19(22)24-17-7-4-3-5-8-17/h3-5,7-8,15-16,18H,6,9-14H2,1-2H3. The highest BCUT2D eigenvalue weighted by atomic mass is 16.6. The summed E-state index contributed by atoms with van der Waals surface area (Å²) < 4.78 is 11.3. The highest BCUT2D eigenvalue weighted by molar-refractivity contribution is 5.70. The van der Waals surface area contributed by atoms with Gasteiger partial charge in [-0.1, -0.05) is 18.2 Å². The molecule has 1 aromatic carbocycles. The van der Waals surface area contributed by atoms with Gasteiger partial charge < -0.3 is 14.4 Å². The van der Waals surface area contributed by atoms with Gasteiger partial charge in [-0.2, -0.15) is 0 Å². The summed E-state index contributed by atoms with van der Waals surface area (Å²) in [6.07, 6.45) is 3.72. The molecule has 24 heavy (non-hydrogen) atoms. The topological polar surface area (TPSA) is 42.0 Å². The highest BCUT2D eigenvalue weighted by Crippen LogP contribution is 2.30. The molecule has 0 N–H and O–H groups in total. The zero-order valence-corrected chi connectivity index (χ0v) is 14.7. The van der Waals surface area contributed by atoms with Gasteiger partial charge in [0.25, 0.3) is 0 Å². The molecule has 1 amide bonds. The predicted molar refractivity (Wildman–Crippen MR) is 93.3 cm³/mol. The highest BCUT2D eigenvalue weighted by Gasteiger charge is 2.35. The van der Waals surface area contributed by atoms with Gasteiger partial charge in [-0.3, -0.25) is 4.90 Å². The minimum atomic E-state index is -0.238. The number of benzene rings is 1. The lowest BCUT2D eigenvalue weighted by Gasteiger charge is -2.43. The molecule has 3 rings (SSSR count). The van der Waals surface area contributed by atoms with Crippen LogP contribution < -0.4 is 4.74 Å². The molecule has 0 radical (unpaired) electrons. The summed E-state index contributed by atoms with van der Waals surface area (Å²) in [6, 6.07) is 9.89. The lowest BCUT2D eigenvalue weighted by atomic mass is 9.87. The average molecular weight is 332 g/mol. The number of para-hydroxylation sites is 1. The summed E-state index contributed by atoms with van der Waals surface area (Å²) in [7, 11) is 0. The molecule has 0 aromatic heterocycles. The van der Waals surface area contributed by atoms with Gasteiger partial charge in [0.2, 0.25) is 0 Å². The Labute approximate surface area is 144 Å². The van der Waals surface area contributed by atoms with Crippen molar-refractivity contribution in [3.63, 3.8) is 0 Å². The summed E-state index contributed by atoms with van der Waals surface area (Å²) in [5, 5.41) is 0. The number of rotatable bonds is 4. The van der Waals surface area contributed by atoms with E-state index in [0.29, 0.717) is 24.0 Å². The van der Waals surface area contributed by atoms with Crippen LogP contribution in [0.2, 0.25) is 0 Å². The molecular weight excluding hydrogens is 304 g/mol. The van der Waals surface area contributed by atoms with Gasteiger partial charge >= 0.3 is 6.09 Å². The number of hydrogen-bond acceptors (Lipinski definition) is 4. The zero-order valence-electron chi connectivity index (χ0n) is 14.7. The Balaban J connectivity index is 1.45. The molecule has 0 bridgehead atoms. The third kappa shape index (κ3) is 4.48. The van der Waals surface area contributed by atoms with Crippen molar-refractivity contribution in [1.82, 2.24) is 9.80 Å². The summed E-state index contributed by atoms with van der Waals surface area (Å²) >= 11 is 0. The molecule has 1 aliphatic heterocycles. The van der Waals surface area contributed by atoms with Crippen LogP contribution in [-0.2, 0) is 4.74 Å². The molecule has 1 saturated carbocycles. The van der Waals surface area contributed by atoms with Crippen LogP contribution in [0.3, 0.4) is 0 Å². The first kappa shape index (κ1) is 17.2. The van der Waals surface area contributed by atoms with Crippen LogP contribution in [0, 0.1) is 0 Å². The Morgan fingerprint density at radius 3 is 2.54 bits per heavy atom. The zero-order chi connectivity index (χ0) is 16.9. The van der Waals surface area contributed by atoms with Crippen molar-refractivity contribution in [1.29, 1.82) is 0 Å². The number of carbonyl (C=O) groups is 1. The second-order valence-corrected chi connectivity index (χ2v) is 6.99. The molecule has 1 aromatic rings. The van der Waals surface area contributed by atoms with E-state index in [1.54, 1.807) is 0 Å². The minimum absolute atomic E-state index is 0.238. The van der Waals surface area contributed by atoms with E-state index in [4.69, 9.17) is 9.47 Å². The molecule has 0 spiro atoms. The monoisotopic (exact) mass is 332 g/mol. The number of nitrogens with zero attached hydrogens (tertiary/aromatic N) is 2. The predicted octanol–water partition coefficient (Wildman–Crippen LogP) is 3.15. The number of hydrogen-bond donors (Lipinski definition) is 0.